The monoisotopic (exact) mass is 400 g/mol. The van der Waals surface area contributed by atoms with Gasteiger partial charge in [0.2, 0.25) is 5.91 Å². The zero-order valence-corrected chi connectivity index (χ0v) is 15.9. The van der Waals surface area contributed by atoms with E-state index in [1.165, 1.54) is 14.0 Å². The van der Waals surface area contributed by atoms with Crippen LogP contribution in [0.5, 0.6) is 0 Å². The third kappa shape index (κ3) is 4.12. The van der Waals surface area contributed by atoms with Gasteiger partial charge in [0.1, 0.15) is 5.00 Å². The first-order valence-electron chi connectivity index (χ1n) is 7.00. The third-order valence-corrected chi connectivity index (χ3v) is 5.26. The van der Waals surface area contributed by atoms with Gasteiger partial charge in [0.05, 0.1) is 33.3 Å². The molecule has 0 atom stereocenters. The molecule has 9 heteroatoms. The third-order valence-electron chi connectivity index (χ3n) is 3.23. The van der Waals surface area contributed by atoms with E-state index in [4.69, 9.17) is 27.9 Å². The molecule has 0 bridgehead atoms. The Labute approximate surface area is 158 Å². The molecule has 0 aliphatic carbocycles. The fourth-order valence-corrected chi connectivity index (χ4v) is 3.59. The first kappa shape index (κ1) is 19.2. The number of anilines is 2. The van der Waals surface area contributed by atoms with Gasteiger partial charge in [0.25, 0.3) is 5.91 Å². The minimum atomic E-state index is -0.641. The van der Waals surface area contributed by atoms with Crippen molar-refractivity contribution in [2.24, 2.45) is 0 Å². The van der Waals surface area contributed by atoms with Crippen molar-refractivity contribution in [1.82, 2.24) is 0 Å². The second-order valence-electron chi connectivity index (χ2n) is 4.99. The molecule has 0 aliphatic heterocycles. The molecule has 0 radical (unpaired) electrons. The zero-order chi connectivity index (χ0) is 18.7. The van der Waals surface area contributed by atoms with Crippen LogP contribution in [0.1, 0.15) is 32.5 Å². The SMILES string of the molecule is COC(=O)c1c(NC(C)=O)sc(C(=O)Nc2cccc(Cl)c2Cl)c1C. The van der Waals surface area contributed by atoms with Gasteiger partial charge in [-0.25, -0.2) is 4.79 Å². The Hall–Kier alpha value is -2.09. The van der Waals surface area contributed by atoms with E-state index in [1.807, 2.05) is 0 Å². The number of hydrogen-bond donors (Lipinski definition) is 2. The van der Waals surface area contributed by atoms with Crippen molar-refractivity contribution >= 4 is 63.0 Å². The van der Waals surface area contributed by atoms with Gasteiger partial charge in [-0.15, -0.1) is 11.3 Å². The van der Waals surface area contributed by atoms with Crippen molar-refractivity contribution in [2.75, 3.05) is 17.7 Å². The number of carbonyl (C=O) groups is 3. The van der Waals surface area contributed by atoms with Gasteiger partial charge in [-0.1, -0.05) is 29.3 Å². The summed E-state index contributed by atoms with van der Waals surface area (Å²) in [6.45, 7) is 2.91. The Bertz CT molecular complexity index is 864. The first-order chi connectivity index (χ1) is 11.8. The summed E-state index contributed by atoms with van der Waals surface area (Å²) < 4.78 is 4.73. The predicted octanol–water partition coefficient (Wildman–Crippen LogP) is 4.36. The number of thiophene rings is 1. The molecule has 0 unspecified atom stereocenters. The molecule has 0 saturated heterocycles. The smallest absolute Gasteiger partial charge is 0.341 e. The molecule has 6 nitrogen and oxygen atoms in total. The number of rotatable bonds is 4. The van der Waals surface area contributed by atoms with E-state index in [-0.39, 0.29) is 26.4 Å². The second kappa shape index (κ2) is 7.86. The van der Waals surface area contributed by atoms with E-state index in [0.717, 1.165) is 11.3 Å². The Morgan fingerprint density at radius 3 is 2.44 bits per heavy atom. The molecule has 0 aliphatic rings. The van der Waals surface area contributed by atoms with E-state index in [2.05, 4.69) is 10.6 Å². The molecule has 2 amide bonds. The van der Waals surface area contributed by atoms with Crippen molar-refractivity contribution in [3.8, 4) is 0 Å². The summed E-state index contributed by atoms with van der Waals surface area (Å²) in [5, 5.41) is 5.95. The van der Waals surface area contributed by atoms with Gasteiger partial charge in [0.15, 0.2) is 0 Å². The Morgan fingerprint density at radius 2 is 1.84 bits per heavy atom. The standard InChI is InChI=1S/C16H14Cl2N2O4S/c1-7-11(16(23)24-3)15(19-8(2)21)25-13(7)14(22)20-10-6-4-5-9(17)12(10)18/h4-6H,1-3H3,(H,19,21)(H,20,22). The van der Waals surface area contributed by atoms with E-state index < -0.39 is 11.9 Å². The molecule has 2 aromatic rings. The average molecular weight is 401 g/mol. The van der Waals surface area contributed by atoms with Crippen molar-refractivity contribution in [3.63, 3.8) is 0 Å². The molecular formula is C16H14Cl2N2O4S. The summed E-state index contributed by atoms with van der Waals surface area (Å²) in [6.07, 6.45) is 0. The lowest BCUT2D eigenvalue weighted by Gasteiger charge is -2.07. The molecule has 0 spiro atoms. The highest BCUT2D eigenvalue weighted by atomic mass is 35.5. The fourth-order valence-electron chi connectivity index (χ4n) is 2.11. The van der Waals surface area contributed by atoms with Crippen LogP contribution < -0.4 is 10.6 Å². The van der Waals surface area contributed by atoms with Crippen LogP contribution in [0.4, 0.5) is 10.7 Å². The molecule has 1 aromatic carbocycles. The minimum absolute atomic E-state index is 0.144. The second-order valence-corrected chi connectivity index (χ2v) is 6.79. The highest BCUT2D eigenvalue weighted by Crippen LogP contribution is 2.35. The van der Waals surface area contributed by atoms with Gasteiger partial charge >= 0.3 is 5.97 Å². The maximum absolute atomic E-state index is 12.6. The largest absolute Gasteiger partial charge is 0.465 e. The minimum Gasteiger partial charge on any atom is -0.465 e. The predicted molar refractivity (Wildman–Crippen MR) is 99.1 cm³/mol. The molecule has 2 N–H and O–H groups in total. The van der Waals surface area contributed by atoms with Crippen LogP contribution in [0.2, 0.25) is 10.0 Å². The van der Waals surface area contributed by atoms with Crippen molar-refractivity contribution < 1.29 is 19.1 Å². The lowest BCUT2D eigenvalue weighted by Crippen LogP contribution is -2.13. The summed E-state index contributed by atoms with van der Waals surface area (Å²) in [6, 6.07) is 4.85. The number of amides is 2. The zero-order valence-electron chi connectivity index (χ0n) is 13.5. The van der Waals surface area contributed by atoms with Crippen LogP contribution >= 0.6 is 34.5 Å². The van der Waals surface area contributed by atoms with E-state index in [1.54, 1.807) is 25.1 Å². The lowest BCUT2D eigenvalue weighted by atomic mass is 10.1. The summed E-state index contributed by atoms with van der Waals surface area (Å²) in [7, 11) is 1.22. The van der Waals surface area contributed by atoms with Gasteiger partial charge < -0.3 is 15.4 Å². The molecule has 1 heterocycles. The molecular weight excluding hydrogens is 387 g/mol. The lowest BCUT2D eigenvalue weighted by molar-refractivity contribution is -0.114. The fraction of sp³-hybridized carbons (Fsp3) is 0.188. The summed E-state index contributed by atoms with van der Waals surface area (Å²) in [5.74, 6) is -1.48. The number of carbonyl (C=O) groups excluding carboxylic acids is 3. The molecule has 0 saturated carbocycles. The normalized spacial score (nSPS) is 10.3. The first-order valence-corrected chi connectivity index (χ1v) is 8.58. The Balaban J connectivity index is 2.42. The Kier molecular flexibility index (Phi) is 6.05. The quantitative estimate of drug-likeness (QED) is 0.746. The highest BCUT2D eigenvalue weighted by Gasteiger charge is 2.26. The molecule has 132 valence electrons. The van der Waals surface area contributed by atoms with E-state index in [0.29, 0.717) is 16.3 Å². The number of halogens is 2. The number of esters is 1. The topological polar surface area (TPSA) is 84.5 Å². The maximum atomic E-state index is 12.6. The number of nitrogens with one attached hydrogen (secondary N) is 2. The van der Waals surface area contributed by atoms with Crippen molar-refractivity contribution in [1.29, 1.82) is 0 Å². The molecule has 0 fully saturated rings. The van der Waals surface area contributed by atoms with Gasteiger partial charge in [-0.3, -0.25) is 9.59 Å². The van der Waals surface area contributed by atoms with Crippen molar-refractivity contribution in [2.45, 2.75) is 13.8 Å². The number of ether oxygens (including phenoxy) is 1. The van der Waals surface area contributed by atoms with Crippen LogP contribution in [0.3, 0.4) is 0 Å². The van der Waals surface area contributed by atoms with Crippen LogP contribution in [0.25, 0.3) is 0 Å². The molecule has 2 rings (SSSR count). The van der Waals surface area contributed by atoms with Crippen molar-refractivity contribution in [3.05, 3.63) is 44.2 Å². The van der Waals surface area contributed by atoms with Gasteiger partial charge in [-0.05, 0) is 24.6 Å². The summed E-state index contributed by atoms with van der Waals surface area (Å²) in [4.78, 5) is 36.2. The highest BCUT2D eigenvalue weighted by molar-refractivity contribution is 7.18. The molecule has 1 aromatic heterocycles. The summed E-state index contributed by atoms with van der Waals surface area (Å²) >= 11 is 13.0. The number of methoxy groups -OCH3 is 1. The Morgan fingerprint density at radius 1 is 1.16 bits per heavy atom. The maximum Gasteiger partial charge on any atom is 0.341 e. The number of benzene rings is 1. The average Bonchev–Trinajstić information content (AvgIpc) is 2.86. The molecule has 25 heavy (non-hydrogen) atoms. The number of hydrogen-bond acceptors (Lipinski definition) is 5. The van der Waals surface area contributed by atoms with Crippen LogP contribution in [-0.2, 0) is 9.53 Å². The van der Waals surface area contributed by atoms with Gasteiger partial charge in [-0.2, -0.15) is 0 Å². The summed E-state index contributed by atoms with van der Waals surface area (Å²) in [5.41, 5.74) is 0.883. The van der Waals surface area contributed by atoms with Crippen LogP contribution in [0.15, 0.2) is 18.2 Å². The van der Waals surface area contributed by atoms with E-state index >= 15 is 0 Å². The van der Waals surface area contributed by atoms with Crippen LogP contribution in [-0.4, -0.2) is 24.9 Å². The van der Waals surface area contributed by atoms with E-state index in [9.17, 15) is 14.4 Å². The van der Waals surface area contributed by atoms with Crippen LogP contribution in [0, 0.1) is 6.92 Å². The van der Waals surface area contributed by atoms with Gasteiger partial charge in [0, 0.05) is 6.92 Å².